The van der Waals surface area contributed by atoms with E-state index in [1.165, 1.54) is 25.1 Å². The summed E-state index contributed by atoms with van der Waals surface area (Å²) in [6, 6.07) is 4.30. The van der Waals surface area contributed by atoms with Crippen LogP contribution >= 0.6 is 0 Å². The lowest BCUT2D eigenvalue weighted by Crippen LogP contribution is -2.25. The quantitative estimate of drug-likeness (QED) is 0.821. The maximum atomic E-state index is 5.97. The molecule has 0 amide bonds. The third-order valence-electron chi connectivity index (χ3n) is 3.51. The van der Waals surface area contributed by atoms with Crippen molar-refractivity contribution in [1.82, 2.24) is 4.98 Å². The van der Waals surface area contributed by atoms with Gasteiger partial charge in [-0.3, -0.25) is 4.98 Å². The van der Waals surface area contributed by atoms with Gasteiger partial charge in [-0.1, -0.05) is 6.92 Å². The summed E-state index contributed by atoms with van der Waals surface area (Å²) in [6.45, 7) is 6.52. The molecule has 2 N–H and O–H groups in total. The SMILES string of the molecule is CCC(N)c1ccc(N(CC)CC2CC2)cn1. The highest BCUT2D eigenvalue weighted by molar-refractivity contribution is 5.44. The smallest absolute Gasteiger partial charge is 0.0572 e. The van der Waals surface area contributed by atoms with Crippen LogP contribution in [0.3, 0.4) is 0 Å². The second-order valence-corrected chi connectivity index (χ2v) is 4.94. The molecule has 0 aromatic carbocycles. The van der Waals surface area contributed by atoms with Crippen molar-refractivity contribution < 1.29 is 0 Å². The van der Waals surface area contributed by atoms with E-state index in [9.17, 15) is 0 Å². The summed E-state index contributed by atoms with van der Waals surface area (Å²) < 4.78 is 0. The molecule has 3 heteroatoms. The number of rotatable bonds is 6. The molecule has 0 spiro atoms. The van der Waals surface area contributed by atoms with Gasteiger partial charge in [-0.15, -0.1) is 0 Å². The highest BCUT2D eigenvalue weighted by atomic mass is 15.1. The molecule has 0 radical (unpaired) electrons. The first-order valence-electron chi connectivity index (χ1n) is 6.71. The van der Waals surface area contributed by atoms with Gasteiger partial charge in [0, 0.05) is 19.1 Å². The van der Waals surface area contributed by atoms with Crippen molar-refractivity contribution in [2.24, 2.45) is 11.7 Å². The zero-order chi connectivity index (χ0) is 12.3. The standard InChI is InChI=1S/C14H23N3/c1-3-13(15)14-8-7-12(9-16-14)17(4-2)10-11-5-6-11/h7-9,11,13H,3-6,10,15H2,1-2H3. The number of pyridine rings is 1. The molecule has 1 heterocycles. The Morgan fingerprint density at radius 3 is 2.65 bits per heavy atom. The highest BCUT2D eigenvalue weighted by Crippen LogP contribution is 2.31. The van der Waals surface area contributed by atoms with Crippen molar-refractivity contribution in [3.63, 3.8) is 0 Å². The number of anilines is 1. The van der Waals surface area contributed by atoms with E-state index in [0.717, 1.165) is 24.6 Å². The van der Waals surface area contributed by atoms with Crippen LogP contribution in [0.2, 0.25) is 0 Å². The molecule has 0 saturated heterocycles. The lowest BCUT2D eigenvalue weighted by atomic mass is 10.1. The van der Waals surface area contributed by atoms with Crippen molar-refractivity contribution in [1.29, 1.82) is 0 Å². The van der Waals surface area contributed by atoms with Crippen molar-refractivity contribution in [3.8, 4) is 0 Å². The van der Waals surface area contributed by atoms with Gasteiger partial charge in [-0.2, -0.15) is 0 Å². The van der Waals surface area contributed by atoms with Gasteiger partial charge >= 0.3 is 0 Å². The summed E-state index contributed by atoms with van der Waals surface area (Å²) in [6.07, 6.45) is 5.69. The van der Waals surface area contributed by atoms with Gasteiger partial charge in [0.1, 0.15) is 0 Å². The molecular formula is C14H23N3. The van der Waals surface area contributed by atoms with Gasteiger partial charge in [0.25, 0.3) is 0 Å². The zero-order valence-electron chi connectivity index (χ0n) is 10.9. The monoisotopic (exact) mass is 233 g/mol. The van der Waals surface area contributed by atoms with Gasteiger partial charge in [-0.05, 0) is 44.2 Å². The summed E-state index contributed by atoms with van der Waals surface area (Å²) in [5.41, 5.74) is 8.19. The maximum absolute atomic E-state index is 5.97. The Kier molecular flexibility index (Phi) is 4.00. The summed E-state index contributed by atoms with van der Waals surface area (Å²) >= 11 is 0. The van der Waals surface area contributed by atoms with Crippen LogP contribution in [0.15, 0.2) is 18.3 Å². The molecule has 0 aliphatic heterocycles. The number of hydrogen-bond acceptors (Lipinski definition) is 3. The number of aromatic nitrogens is 1. The van der Waals surface area contributed by atoms with E-state index >= 15 is 0 Å². The van der Waals surface area contributed by atoms with Gasteiger partial charge in [0.15, 0.2) is 0 Å². The normalized spacial score (nSPS) is 16.9. The van der Waals surface area contributed by atoms with Crippen molar-refractivity contribution in [2.75, 3.05) is 18.0 Å². The van der Waals surface area contributed by atoms with Gasteiger partial charge < -0.3 is 10.6 Å². The van der Waals surface area contributed by atoms with Crippen LogP contribution in [0.25, 0.3) is 0 Å². The van der Waals surface area contributed by atoms with E-state index in [-0.39, 0.29) is 6.04 Å². The molecule has 1 saturated carbocycles. The summed E-state index contributed by atoms with van der Waals surface area (Å²) in [7, 11) is 0. The van der Waals surface area contributed by atoms with Crippen molar-refractivity contribution in [2.45, 2.75) is 39.2 Å². The fourth-order valence-electron chi connectivity index (χ4n) is 2.04. The molecule has 1 aliphatic rings. The van der Waals surface area contributed by atoms with E-state index in [0.29, 0.717) is 0 Å². The number of nitrogens with two attached hydrogens (primary N) is 1. The maximum Gasteiger partial charge on any atom is 0.0572 e. The lowest BCUT2D eigenvalue weighted by molar-refractivity contribution is 0.673. The first kappa shape index (κ1) is 12.4. The third-order valence-corrected chi connectivity index (χ3v) is 3.51. The van der Waals surface area contributed by atoms with Crippen LogP contribution in [0.4, 0.5) is 5.69 Å². The largest absolute Gasteiger partial charge is 0.370 e. The van der Waals surface area contributed by atoms with E-state index < -0.39 is 0 Å². The van der Waals surface area contributed by atoms with Gasteiger partial charge in [0.05, 0.1) is 17.6 Å². The first-order chi connectivity index (χ1) is 8.24. The first-order valence-corrected chi connectivity index (χ1v) is 6.71. The highest BCUT2D eigenvalue weighted by Gasteiger charge is 2.24. The molecule has 94 valence electrons. The predicted octanol–water partition coefficient (Wildman–Crippen LogP) is 2.73. The molecule has 1 aliphatic carbocycles. The summed E-state index contributed by atoms with van der Waals surface area (Å²) in [5, 5.41) is 0. The van der Waals surface area contributed by atoms with Gasteiger partial charge in [0.2, 0.25) is 0 Å². The minimum absolute atomic E-state index is 0.0718. The van der Waals surface area contributed by atoms with Crippen LogP contribution in [-0.4, -0.2) is 18.1 Å². The van der Waals surface area contributed by atoms with Crippen LogP contribution in [0, 0.1) is 5.92 Å². The minimum atomic E-state index is 0.0718. The molecule has 0 bridgehead atoms. The van der Waals surface area contributed by atoms with Crippen molar-refractivity contribution in [3.05, 3.63) is 24.0 Å². The Balaban J connectivity index is 2.04. The summed E-state index contributed by atoms with van der Waals surface area (Å²) in [5.74, 6) is 0.910. The molecule has 1 atom stereocenters. The molecule has 1 unspecified atom stereocenters. The topological polar surface area (TPSA) is 42.1 Å². The van der Waals surface area contributed by atoms with Crippen LogP contribution in [0.5, 0.6) is 0 Å². The van der Waals surface area contributed by atoms with Crippen LogP contribution in [-0.2, 0) is 0 Å². The fraction of sp³-hybridized carbons (Fsp3) is 0.643. The Morgan fingerprint density at radius 2 is 2.18 bits per heavy atom. The van der Waals surface area contributed by atoms with Crippen molar-refractivity contribution >= 4 is 5.69 Å². The third kappa shape index (κ3) is 3.19. The lowest BCUT2D eigenvalue weighted by Gasteiger charge is -2.23. The predicted molar refractivity (Wildman–Crippen MR) is 72.1 cm³/mol. The Labute approximate surface area is 104 Å². The average molecular weight is 233 g/mol. The Morgan fingerprint density at radius 1 is 1.41 bits per heavy atom. The second kappa shape index (κ2) is 5.50. The Hall–Kier alpha value is -1.09. The van der Waals surface area contributed by atoms with Gasteiger partial charge in [-0.25, -0.2) is 0 Å². The molecule has 1 fully saturated rings. The Bertz CT molecular complexity index is 343. The van der Waals surface area contributed by atoms with E-state index in [1.807, 2.05) is 6.20 Å². The number of hydrogen-bond donors (Lipinski definition) is 1. The molecular weight excluding hydrogens is 210 g/mol. The molecule has 2 rings (SSSR count). The molecule has 3 nitrogen and oxygen atoms in total. The van der Waals surface area contributed by atoms with Crippen LogP contribution < -0.4 is 10.6 Å². The van der Waals surface area contributed by atoms with E-state index in [2.05, 4.69) is 35.9 Å². The minimum Gasteiger partial charge on any atom is -0.370 e. The second-order valence-electron chi connectivity index (χ2n) is 4.94. The zero-order valence-corrected chi connectivity index (χ0v) is 10.9. The van der Waals surface area contributed by atoms with E-state index in [4.69, 9.17) is 5.73 Å². The summed E-state index contributed by atoms with van der Waals surface area (Å²) in [4.78, 5) is 6.89. The fourth-order valence-corrected chi connectivity index (χ4v) is 2.04. The molecule has 1 aromatic heterocycles. The average Bonchev–Trinajstić information content (AvgIpc) is 3.19. The molecule has 1 aromatic rings. The van der Waals surface area contributed by atoms with Crippen LogP contribution in [0.1, 0.15) is 44.8 Å². The molecule has 17 heavy (non-hydrogen) atoms. The van der Waals surface area contributed by atoms with E-state index in [1.54, 1.807) is 0 Å². The number of nitrogens with zero attached hydrogens (tertiary/aromatic N) is 2.